The Bertz CT molecular complexity index is 197. The standard InChI is InChI=1S/C12H27N3O/c1-5-10(3)15(4)8-7-14-12(16)9-11(13)6-2/h10-11H,5-9,13H2,1-4H3,(H,14,16). The van der Waals surface area contributed by atoms with Gasteiger partial charge in [-0.15, -0.1) is 0 Å². The quantitative estimate of drug-likeness (QED) is 0.652. The molecular weight excluding hydrogens is 202 g/mol. The third-order valence-electron chi connectivity index (χ3n) is 3.10. The third-order valence-corrected chi connectivity index (χ3v) is 3.10. The lowest BCUT2D eigenvalue weighted by atomic mass is 10.1. The average Bonchev–Trinajstić information content (AvgIpc) is 2.27. The SMILES string of the molecule is CCC(N)CC(=O)NCCN(C)C(C)CC. The van der Waals surface area contributed by atoms with Crippen LogP contribution in [0, 0.1) is 0 Å². The molecule has 96 valence electrons. The number of amides is 1. The van der Waals surface area contributed by atoms with E-state index < -0.39 is 0 Å². The van der Waals surface area contributed by atoms with E-state index in [2.05, 4.69) is 31.1 Å². The zero-order valence-corrected chi connectivity index (χ0v) is 11.1. The third kappa shape index (κ3) is 6.80. The van der Waals surface area contributed by atoms with Crippen LogP contribution in [0.25, 0.3) is 0 Å². The summed E-state index contributed by atoms with van der Waals surface area (Å²) in [5, 5.41) is 2.90. The molecule has 0 rings (SSSR count). The topological polar surface area (TPSA) is 58.4 Å². The van der Waals surface area contributed by atoms with Crippen LogP contribution in [0.5, 0.6) is 0 Å². The molecule has 0 saturated carbocycles. The lowest BCUT2D eigenvalue weighted by molar-refractivity contribution is -0.121. The maximum Gasteiger partial charge on any atom is 0.221 e. The molecule has 0 aliphatic rings. The Morgan fingerprint density at radius 2 is 2.00 bits per heavy atom. The van der Waals surface area contributed by atoms with Crippen LogP contribution >= 0.6 is 0 Å². The highest BCUT2D eigenvalue weighted by atomic mass is 16.1. The van der Waals surface area contributed by atoms with Crippen molar-refractivity contribution in [2.75, 3.05) is 20.1 Å². The van der Waals surface area contributed by atoms with Gasteiger partial charge < -0.3 is 16.0 Å². The second kappa shape index (κ2) is 8.53. The van der Waals surface area contributed by atoms with Gasteiger partial charge in [-0.05, 0) is 26.8 Å². The number of likely N-dealkylation sites (N-methyl/N-ethyl adjacent to an activating group) is 1. The van der Waals surface area contributed by atoms with Crippen LogP contribution < -0.4 is 11.1 Å². The molecule has 4 heteroatoms. The Balaban J connectivity index is 3.61. The van der Waals surface area contributed by atoms with Gasteiger partial charge in [-0.2, -0.15) is 0 Å². The minimum absolute atomic E-state index is 0.00713. The first-order valence-electron chi connectivity index (χ1n) is 6.23. The van der Waals surface area contributed by atoms with E-state index >= 15 is 0 Å². The minimum atomic E-state index is -0.00713. The van der Waals surface area contributed by atoms with E-state index in [0.717, 1.165) is 19.4 Å². The highest BCUT2D eigenvalue weighted by Gasteiger charge is 2.09. The molecule has 0 heterocycles. The van der Waals surface area contributed by atoms with E-state index in [1.165, 1.54) is 0 Å². The van der Waals surface area contributed by atoms with Crippen LogP contribution in [0.2, 0.25) is 0 Å². The summed E-state index contributed by atoms with van der Waals surface area (Å²) in [6.07, 6.45) is 2.41. The highest BCUT2D eigenvalue weighted by Crippen LogP contribution is 1.98. The molecule has 16 heavy (non-hydrogen) atoms. The lowest BCUT2D eigenvalue weighted by Gasteiger charge is -2.23. The van der Waals surface area contributed by atoms with Gasteiger partial charge in [-0.25, -0.2) is 0 Å². The van der Waals surface area contributed by atoms with Crippen LogP contribution in [-0.2, 0) is 4.79 Å². The number of carbonyl (C=O) groups is 1. The summed E-state index contributed by atoms with van der Waals surface area (Å²) in [5.41, 5.74) is 5.70. The number of nitrogens with zero attached hydrogens (tertiary/aromatic N) is 1. The van der Waals surface area contributed by atoms with Gasteiger partial charge in [-0.1, -0.05) is 13.8 Å². The summed E-state index contributed by atoms with van der Waals surface area (Å²) in [5.74, 6) is 0.0619. The zero-order chi connectivity index (χ0) is 12.6. The lowest BCUT2D eigenvalue weighted by Crippen LogP contribution is -2.38. The molecule has 0 aromatic heterocycles. The molecular formula is C12H27N3O. The molecule has 2 unspecified atom stereocenters. The summed E-state index contributed by atoms with van der Waals surface area (Å²) >= 11 is 0. The molecule has 0 radical (unpaired) electrons. The Hall–Kier alpha value is -0.610. The second-order valence-electron chi connectivity index (χ2n) is 4.46. The van der Waals surface area contributed by atoms with E-state index in [-0.39, 0.29) is 11.9 Å². The van der Waals surface area contributed by atoms with Crippen molar-refractivity contribution in [1.82, 2.24) is 10.2 Å². The number of carbonyl (C=O) groups excluding carboxylic acids is 1. The average molecular weight is 229 g/mol. The Morgan fingerprint density at radius 3 is 2.50 bits per heavy atom. The van der Waals surface area contributed by atoms with Crippen molar-refractivity contribution in [3.8, 4) is 0 Å². The first-order valence-corrected chi connectivity index (χ1v) is 6.23. The summed E-state index contributed by atoms with van der Waals surface area (Å²) in [4.78, 5) is 13.7. The molecule has 0 aromatic rings. The Kier molecular flexibility index (Phi) is 8.21. The van der Waals surface area contributed by atoms with E-state index in [4.69, 9.17) is 5.73 Å². The maximum absolute atomic E-state index is 11.4. The maximum atomic E-state index is 11.4. The summed E-state index contributed by atoms with van der Waals surface area (Å²) in [6, 6.07) is 0.557. The molecule has 0 aliphatic heterocycles. The number of hydrogen-bond donors (Lipinski definition) is 2. The highest BCUT2D eigenvalue weighted by molar-refractivity contribution is 5.76. The van der Waals surface area contributed by atoms with E-state index in [1.807, 2.05) is 6.92 Å². The fourth-order valence-corrected chi connectivity index (χ4v) is 1.36. The molecule has 0 aliphatic carbocycles. The molecule has 0 bridgehead atoms. The predicted molar refractivity (Wildman–Crippen MR) is 68.3 cm³/mol. The molecule has 0 saturated heterocycles. The molecule has 4 nitrogen and oxygen atoms in total. The van der Waals surface area contributed by atoms with Crippen molar-refractivity contribution < 1.29 is 4.79 Å². The minimum Gasteiger partial charge on any atom is -0.355 e. The molecule has 0 aromatic carbocycles. The van der Waals surface area contributed by atoms with Crippen LogP contribution in [0.1, 0.15) is 40.0 Å². The molecule has 1 amide bonds. The van der Waals surface area contributed by atoms with Gasteiger partial charge in [0.15, 0.2) is 0 Å². The van der Waals surface area contributed by atoms with E-state index in [1.54, 1.807) is 0 Å². The summed E-state index contributed by atoms with van der Waals surface area (Å²) in [7, 11) is 2.08. The van der Waals surface area contributed by atoms with E-state index in [0.29, 0.717) is 19.0 Å². The summed E-state index contributed by atoms with van der Waals surface area (Å²) in [6.45, 7) is 7.95. The largest absolute Gasteiger partial charge is 0.355 e. The number of rotatable bonds is 8. The van der Waals surface area contributed by atoms with Gasteiger partial charge in [0.05, 0.1) is 0 Å². The monoisotopic (exact) mass is 229 g/mol. The van der Waals surface area contributed by atoms with Crippen molar-refractivity contribution in [2.24, 2.45) is 5.73 Å². The van der Waals surface area contributed by atoms with Gasteiger partial charge >= 0.3 is 0 Å². The Labute approximate surface area is 99.6 Å². The van der Waals surface area contributed by atoms with Gasteiger partial charge in [0.1, 0.15) is 0 Å². The van der Waals surface area contributed by atoms with Gasteiger partial charge in [0.25, 0.3) is 0 Å². The summed E-state index contributed by atoms with van der Waals surface area (Å²) < 4.78 is 0. The fourth-order valence-electron chi connectivity index (χ4n) is 1.36. The first kappa shape index (κ1) is 15.4. The van der Waals surface area contributed by atoms with Crippen LogP contribution in [0.15, 0.2) is 0 Å². The van der Waals surface area contributed by atoms with Crippen molar-refractivity contribution in [3.05, 3.63) is 0 Å². The van der Waals surface area contributed by atoms with Crippen molar-refractivity contribution in [3.63, 3.8) is 0 Å². The normalized spacial score (nSPS) is 14.9. The molecule has 2 atom stereocenters. The van der Waals surface area contributed by atoms with Crippen LogP contribution in [0.4, 0.5) is 0 Å². The van der Waals surface area contributed by atoms with Crippen molar-refractivity contribution in [1.29, 1.82) is 0 Å². The van der Waals surface area contributed by atoms with Gasteiger partial charge in [0, 0.05) is 31.6 Å². The first-order chi connectivity index (χ1) is 7.51. The number of nitrogens with two attached hydrogens (primary N) is 1. The van der Waals surface area contributed by atoms with Gasteiger partial charge in [0.2, 0.25) is 5.91 Å². The predicted octanol–water partition coefficient (Wildman–Crippen LogP) is 0.960. The number of hydrogen-bond acceptors (Lipinski definition) is 3. The molecule has 0 spiro atoms. The van der Waals surface area contributed by atoms with Gasteiger partial charge in [-0.3, -0.25) is 4.79 Å². The van der Waals surface area contributed by atoms with E-state index in [9.17, 15) is 4.79 Å². The zero-order valence-electron chi connectivity index (χ0n) is 11.1. The molecule has 0 fully saturated rings. The smallest absolute Gasteiger partial charge is 0.221 e. The fraction of sp³-hybridized carbons (Fsp3) is 0.917. The second-order valence-corrected chi connectivity index (χ2v) is 4.46. The van der Waals surface area contributed by atoms with Crippen molar-refractivity contribution >= 4 is 5.91 Å². The molecule has 3 N–H and O–H groups in total. The number of nitrogens with one attached hydrogen (secondary N) is 1. The Morgan fingerprint density at radius 1 is 1.38 bits per heavy atom. The van der Waals surface area contributed by atoms with Crippen LogP contribution in [-0.4, -0.2) is 43.0 Å². The van der Waals surface area contributed by atoms with Crippen molar-refractivity contribution in [2.45, 2.75) is 52.1 Å². The van der Waals surface area contributed by atoms with Crippen LogP contribution in [0.3, 0.4) is 0 Å².